The molecule has 0 saturated heterocycles. The average Bonchev–Trinajstić information content (AvgIpc) is 2.38. The maximum atomic E-state index is 12.2. The van der Waals surface area contributed by atoms with Gasteiger partial charge in [-0.2, -0.15) is 0 Å². The summed E-state index contributed by atoms with van der Waals surface area (Å²) in [5.74, 6) is 0. The van der Waals surface area contributed by atoms with Crippen LogP contribution in [0.15, 0.2) is 47.4 Å². The number of benzene rings is 2. The molecular formula is C15H13NO2. The van der Waals surface area contributed by atoms with Crippen LogP contribution in [0, 0.1) is 0 Å². The standard InChI is InChI=1S/C15H13NO2/c1-9(17)13-8-16-14-11-5-3-2-4-10(11)6-7-12(14)15(13)18/h2-9,17H,1H3,(H,16,18). The summed E-state index contributed by atoms with van der Waals surface area (Å²) in [6.07, 6.45) is 0.839. The molecule has 3 aromatic rings. The Balaban J connectivity index is 2.48. The smallest absolute Gasteiger partial charge is 0.195 e. The first-order valence-electron chi connectivity index (χ1n) is 5.89. The van der Waals surface area contributed by atoms with Crippen LogP contribution in [0.2, 0.25) is 0 Å². The molecule has 0 aliphatic carbocycles. The van der Waals surface area contributed by atoms with Crippen LogP contribution in [-0.4, -0.2) is 10.1 Å². The van der Waals surface area contributed by atoms with E-state index >= 15 is 0 Å². The molecule has 0 aliphatic rings. The van der Waals surface area contributed by atoms with E-state index in [0.717, 1.165) is 16.3 Å². The van der Waals surface area contributed by atoms with Gasteiger partial charge >= 0.3 is 0 Å². The van der Waals surface area contributed by atoms with E-state index in [9.17, 15) is 9.90 Å². The van der Waals surface area contributed by atoms with Crippen molar-refractivity contribution in [2.45, 2.75) is 13.0 Å². The summed E-state index contributed by atoms with van der Waals surface area (Å²) in [6, 6.07) is 11.6. The molecule has 3 nitrogen and oxygen atoms in total. The van der Waals surface area contributed by atoms with E-state index in [-0.39, 0.29) is 5.43 Å². The number of rotatable bonds is 1. The Kier molecular flexibility index (Phi) is 2.42. The SMILES string of the molecule is CC(O)c1c[nH]c2c(ccc3ccccc32)c1=O. The van der Waals surface area contributed by atoms with E-state index in [1.165, 1.54) is 0 Å². The van der Waals surface area contributed by atoms with E-state index in [4.69, 9.17) is 0 Å². The molecule has 0 bridgehead atoms. The second kappa shape index (κ2) is 3.96. The predicted molar refractivity (Wildman–Crippen MR) is 72.7 cm³/mol. The number of aromatic amines is 1. The maximum Gasteiger partial charge on any atom is 0.195 e. The number of aliphatic hydroxyl groups excluding tert-OH is 1. The van der Waals surface area contributed by atoms with Crippen LogP contribution in [0.3, 0.4) is 0 Å². The van der Waals surface area contributed by atoms with Crippen LogP contribution in [0.1, 0.15) is 18.6 Å². The molecule has 0 aliphatic heterocycles. The molecule has 2 N–H and O–H groups in total. The summed E-state index contributed by atoms with van der Waals surface area (Å²) in [4.78, 5) is 15.4. The first-order chi connectivity index (χ1) is 8.68. The number of H-pyrrole nitrogens is 1. The fourth-order valence-electron chi connectivity index (χ4n) is 2.30. The summed E-state index contributed by atoms with van der Waals surface area (Å²) in [5, 5.41) is 12.3. The molecule has 3 heteroatoms. The molecule has 0 saturated carbocycles. The van der Waals surface area contributed by atoms with Gasteiger partial charge in [0.15, 0.2) is 5.43 Å². The largest absolute Gasteiger partial charge is 0.389 e. The normalized spacial score (nSPS) is 13.0. The van der Waals surface area contributed by atoms with Gasteiger partial charge in [-0.05, 0) is 18.4 Å². The highest BCUT2D eigenvalue weighted by molar-refractivity contribution is 6.05. The molecule has 0 spiro atoms. The molecule has 1 aromatic heterocycles. The number of hydrogen-bond donors (Lipinski definition) is 2. The summed E-state index contributed by atoms with van der Waals surface area (Å²) in [5.41, 5.74) is 1.12. The third-order valence-corrected chi connectivity index (χ3v) is 3.26. The van der Waals surface area contributed by atoms with Gasteiger partial charge in [-0.1, -0.05) is 30.3 Å². The van der Waals surface area contributed by atoms with Crippen molar-refractivity contribution in [3.63, 3.8) is 0 Å². The molecule has 90 valence electrons. The first kappa shape index (κ1) is 11.0. The Bertz CT molecular complexity index is 787. The highest BCUT2D eigenvalue weighted by atomic mass is 16.3. The van der Waals surface area contributed by atoms with Gasteiger partial charge in [0.05, 0.1) is 11.6 Å². The molecule has 3 rings (SSSR count). The zero-order valence-electron chi connectivity index (χ0n) is 9.97. The number of hydrogen-bond acceptors (Lipinski definition) is 2. The lowest BCUT2D eigenvalue weighted by Crippen LogP contribution is -2.12. The van der Waals surface area contributed by atoms with Crippen molar-refractivity contribution in [3.05, 3.63) is 58.4 Å². The van der Waals surface area contributed by atoms with Crippen molar-refractivity contribution in [1.82, 2.24) is 4.98 Å². The second-order valence-electron chi connectivity index (χ2n) is 4.46. The molecular weight excluding hydrogens is 226 g/mol. The molecule has 0 radical (unpaired) electrons. The van der Waals surface area contributed by atoms with Crippen molar-refractivity contribution in [2.75, 3.05) is 0 Å². The van der Waals surface area contributed by atoms with Crippen LogP contribution in [0.4, 0.5) is 0 Å². The molecule has 18 heavy (non-hydrogen) atoms. The molecule has 1 heterocycles. The van der Waals surface area contributed by atoms with Gasteiger partial charge in [-0.3, -0.25) is 4.79 Å². The topological polar surface area (TPSA) is 53.1 Å². The fraction of sp³-hybridized carbons (Fsp3) is 0.133. The third kappa shape index (κ3) is 1.52. The third-order valence-electron chi connectivity index (χ3n) is 3.26. The van der Waals surface area contributed by atoms with Crippen molar-refractivity contribution >= 4 is 21.7 Å². The average molecular weight is 239 g/mol. The van der Waals surface area contributed by atoms with Crippen molar-refractivity contribution in [1.29, 1.82) is 0 Å². The maximum absolute atomic E-state index is 12.2. The van der Waals surface area contributed by atoms with Crippen LogP contribution in [0.25, 0.3) is 21.7 Å². The van der Waals surface area contributed by atoms with Crippen LogP contribution in [0.5, 0.6) is 0 Å². The molecule has 2 aromatic carbocycles. The van der Waals surface area contributed by atoms with E-state index < -0.39 is 6.10 Å². The Hall–Kier alpha value is -2.13. The minimum absolute atomic E-state index is 0.107. The minimum Gasteiger partial charge on any atom is -0.389 e. The number of pyridine rings is 1. The number of aliphatic hydroxyl groups is 1. The number of aromatic nitrogens is 1. The molecule has 1 unspecified atom stereocenters. The van der Waals surface area contributed by atoms with E-state index in [1.54, 1.807) is 13.1 Å². The lowest BCUT2D eigenvalue weighted by Gasteiger charge is -2.07. The van der Waals surface area contributed by atoms with Gasteiger partial charge in [0, 0.05) is 22.5 Å². The van der Waals surface area contributed by atoms with Gasteiger partial charge in [0.2, 0.25) is 0 Å². The highest BCUT2D eigenvalue weighted by Gasteiger charge is 2.10. The summed E-state index contributed by atoms with van der Waals surface area (Å²) < 4.78 is 0. The quantitative estimate of drug-likeness (QED) is 0.641. The fourth-order valence-corrected chi connectivity index (χ4v) is 2.30. The summed E-state index contributed by atoms with van der Waals surface area (Å²) in [6.45, 7) is 1.59. The monoisotopic (exact) mass is 239 g/mol. The lowest BCUT2D eigenvalue weighted by molar-refractivity contribution is 0.198. The first-order valence-corrected chi connectivity index (χ1v) is 5.89. The van der Waals surface area contributed by atoms with E-state index in [0.29, 0.717) is 10.9 Å². The number of fused-ring (bicyclic) bond motifs is 3. The van der Waals surface area contributed by atoms with Gasteiger partial charge in [-0.15, -0.1) is 0 Å². The Morgan fingerprint density at radius 3 is 2.67 bits per heavy atom. The van der Waals surface area contributed by atoms with Gasteiger partial charge < -0.3 is 10.1 Å². The Morgan fingerprint density at radius 2 is 1.89 bits per heavy atom. The second-order valence-corrected chi connectivity index (χ2v) is 4.46. The minimum atomic E-state index is -0.760. The highest BCUT2D eigenvalue weighted by Crippen LogP contribution is 2.22. The van der Waals surface area contributed by atoms with Crippen LogP contribution >= 0.6 is 0 Å². The summed E-state index contributed by atoms with van der Waals surface area (Å²) in [7, 11) is 0. The van der Waals surface area contributed by atoms with Gasteiger partial charge in [0.25, 0.3) is 0 Å². The zero-order valence-corrected chi connectivity index (χ0v) is 9.97. The molecule has 0 fully saturated rings. The molecule has 1 atom stereocenters. The predicted octanol–water partition coefficient (Wildman–Crippen LogP) is 2.73. The Morgan fingerprint density at radius 1 is 1.11 bits per heavy atom. The van der Waals surface area contributed by atoms with Crippen molar-refractivity contribution < 1.29 is 5.11 Å². The van der Waals surface area contributed by atoms with Gasteiger partial charge in [-0.25, -0.2) is 0 Å². The van der Waals surface area contributed by atoms with E-state index in [1.807, 2.05) is 36.4 Å². The van der Waals surface area contributed by atoms with E-state index in [2.05, 4.69) is 4.98 Å². The number of nitrogens with one attached hydrogen (secondary N) is 1. The zero-order chi connectivity index (χ0) is 12.7. The van der Waals surface area contributed by atoms with Gasteiger partial charge in [0.1, 0.15) is 0 Å². The van der Waals surface area contributed by atoms with Crippen molar-refractivity contribution in [3.8, 4) is 0 Å². The van der Waals surface area contributed by atoms with Crippen LogP contribution < -0.4 is 5.43 Å². The summed E-state index contributed by atoms with van der Waals surface area (Å²) >= 11 is 0. The lowest BCUT2D eigenvalue weighted by atomic mass is 10.0. The molecule has 0 amide bonds. The van der Waals surface area contributed by atoms with Crippen LogP contribution in [-0.2, 0) is 0 Å². The van der Waals surface area contributed by atoms with Crippen molar-refractivity contribution in [2.24, 2.45) is 0 Å². The Labute approximate surface area is 104 Å².